The molecule has 1 N–H and O–H groups in total. The van der Waals surface area contributed by atoms with E-state index in [1.807, 2.05) is 41.1 Å². The van der Waals surface area contributed by atoms with E-state index in [1.54, 1.807) is 11.3 Å². The molecule has 0 fully saturated rings. The normalized spacial score (nSPS) is 12.1. The summed E-state index contributed by atoms with van der Waals surface area (Å²) < 4.78 is 13.0. The number of benzene rings is 1. The van der Waals surface area contributed by atoms with Crippen molar-refractivity contribution in [3.63, 3.8) is 0 Å². The van der Waals surface area contributed by atoms with E-state index in [0.29, 0.717) is 18.6 Å². The summed E-state index contributed by atoms with van der Waals surface area (Å²) in [6, 6.07) is 9.28. The Morgan fingerprint density at radius 1 is 1.25 bits per heavy atom. The molecule has 6 heteroatoms. The fourth-order valence-corrected chi connectivity index (χ4v) is 3.56. The summed E-state index contributed by atoms with van der Waals surface area (Å²) in [6.07, 6.45) is 0.997. The van der Waals surface area contributed by atoms with Crippen LogP contribution in [0.5, 0.6) is 0 Å². The molecule has 1 unspecified atom stereocenters. The van der Waals surface area contributed by atoms with E-state index in [4.69, 9.17) is 0 Å². The summed E-state index contributed by atoms with van der Waals surface area (Å²) in [7, 11) is -1.05. The Hall–Kier alpha value is -0.980. The number of carbonyl (C=O) groups is 1. The highest BCUT2D eigenvalue weighted by Crippen LogP contribution is 2.15. The van der Waals surface area contributed by atoms with Gasteiger partial charge in [-0.1, -0.05) is 15.9 Å². The van der Waals surface area contributed by atoms with Gasteiger partial charge in [-0.15, -0.1) is 0 Å². The Bertz CT molecular complexity index is 582. The number of rotatable bonds is 6. The summed E-state index contributed by atoms with van der Waals surface area (Å²) in [5, 5.41) is 6.61. The first kappa shape index (κ1) is 15.4. The van der Waals surface area contributed by atoms with E-state index >= 15 is 0 Å². The second-order valence-electron chi connectivity index (χ2n) is 4.17. The Morgan fingerprint density at radius 2 is 2.00 bits per heavy atom. The van der Waals surface area contributed by atoms with E-state index in [-0.39, 0.29) is 5.91 Å². The van der Waals surface area contributed by atoms with Gasteiger partial charge in [0.05, 0.1) is 16.5 Å². The molecule has 0 saturated heterocycles. The van der Waals surface area contributed by atoms with Gasteiger partial charge in [0.2, 0.25) is 5.91 Å². The zero-order valence-corrected chi connectivity index (χ0v) is 13.9. The molecule has 0 bridgehead atoms. The van der Waals surface area contributed by atoms with Crippen LogP contribution < -0.4 is 5.32 Å². The highest BCUT2D eigenvalue weighted by molar-refractivity contribution is 9.10. The van der Waals surface area contributed by atoms with Crippen LogP contribution in [0.1, 0.15) is 12.8 Å². The SMILES string of the molecule is O=C(CCCS(=O)c1ccc(Br)cc1)Nc1ccsc1. The molecular weight excluding hydrogens is 358 g/mol. The molecule has 0 radical (unpaired) electrons. The van der Waals surface area contributed by atoms with Gasteiger partial charge in [0.1, 0.15) is 0 Å². The Labute approximate surface area is 133 Å². The summed E-state index contributed by atoms with van der Waals surface area (Å²) in [5.41, 5.74) is 0.828. The molecule has 0 aliphatic carbocycles. The van der Waals surface area contributed by atoms with E-state index in [1.165, 1.54) is 0 Å². The monoisotopic (exact) mass is 371 g/mol. The molecular formula is C14H14BrNO2S2. The predicted molar refractivity (Wildman–Crippen MR) is 87.6 cm³/mol. The summed E-state index contributed by atoms with van der Waals surface area (Å²) in [4.78, 5) is 12.5. The van der Waals surface area contributed by atoms with Crippen LogP contribution >= 0.6 is 27.3 Å². The van der Waals surface area contributed by atoms with Crippen molar-refractivity contribution >= 4 is 49.7 Å². The minimum atomic E-state index is -1.05. The Morgan fingerprint density at radius 3 is 2.65 bits per heavy atom. The molecule has 1 amide bonds. The van der Waals surface area contributed by atoms with Gasteiger partial charge >= 0.3 is 0 Å². The number of thiophene rings is 1. The maximum Gasteiger partial charge on any atom is 0.224 e. The van der Waals surface area contributed by atoms with Crippen molar-refractivity contribution in [2.24, 2.45) is 0 Å². The van der Waals surface area contributed by atoms with Gasteiger partial charge < -0.3 is 5.32 Å². The van der Waals surface area contributed by atoms with Gasteiger partial charge in [-0.3, -0.25) is 9.00 Å². The minimum absolute atomic E-state index is 0.0313. The summed E-state index contributed by atoms with van der Waals surface area (Å²) >= 11 is 4.88. The Kier molecular flexibility index (Phi) is 5.94. The van der Waals surface area contributed by atoms with Crippen molar-refractivity contribution in [2.45, 2.75) is 17.7 Å². The van der Waals surface area contributed by atoms with Crippen LogP contribution in [0.4, 0.5) is 5.69 Å². The molecule has 0 aliphatic heterocycles. The quantitative estimate of drug-likeness (QED) is 0.832. The van der Waals surface area contributed by atoms with Gasteiger partial charge in [-0.2, -0.15) is 11.3 Å². The first-order valence-electron chi connectivity index (χ1n) is 6.11. The zero-order chi connectivity index (χ0) is 14.4. The average Bonchev–Trinajstić information content (AvgIpc) is 2.92. The van der Waals surface area contributed by atoms with E-state index in [2.05, 4.69) is 21.2 Å². The molecule has 0 aliphatic rings. The lowest BCUT2D eigenvalue weighted by Gasteiger charge is -2.04. The van der Waals surface area contributed by atoms with E-state index in [9.17, 15) is 9.00 Å². The average molecular weight is 372 g/mol. The molecule has 106 valence electrons. The van der Waals surface area contributed by atoms with E-state index < -0.39 is 10.8 Å². The first-order valence-corrected chi connectivity index (χ1v) is 9.16. The predicted octanol–water partition coefficient (Wildman–Crippen LogP) is 4.04. The molecule has 0 spiro atoms. The molecule has 1 atom stereocenters. The van der Waals surface area contributed by atoms with Crippen LogP contribution in [0, 0.1) is 0 Å². The number of nitrogens with one attached hydrogen (secondary N) is 1. The third kappa shape index (κ3) is 4.85. The lowest BCUT2D eigenvalue weighted by molar-refractivity contribution is -0.116. The summed E-state index contributed by atoms with van der Waals surface area (Å²) in [5.74, 6) is 0.467. The third-order valence-electron chi connectivity index (χ3n) is 2.62. The van der Waals surface area contributed by atoms with Crippen LogP contribution in [-0.2, 0) is 15.6 Å². The van der Waals surface area contributed by atoms with Crippen LogP contribution in [0.15, 0.2) is 50.5 Å². The maximum atomic E-state index is 12.0. The largest absolute Gasteiger partial charge is 0.325 e. The molecule has 0 saturated carbocycles. The van der Waals surface area contributed by atoms with Crippen LogP contribution in [0.2, 0.25) is 0 Å². The number of hydrogen-bond acceptors (Lipinski definition) is 3. The molecule has 1 aromatic carbocycles. The minimum Gasteiger partial charge on any atom is -0.325 e. The van der Waals surface area contributed by atoms with Crippen molar-refractivity contribution in [1.29, 1.82) is 0 Å². The summed E-state index contributed by atoms with van der Waals surface area (Å²) in [6.45, 7) is 0. The fraction of sp³-hybridized carbons (Fsp3) is 0.214. The van der Waals surface area contributed by atoms with Crippen LogP contribution in [0.3, 0.4) is 0 Å². The van der Waals surface area contributed by atoms with Gasteiger partial charge in [0, 0.05) is 26.9 Å². The van der Waals surface area contributed by atoms with Crippen LogP contribution in [-0.4, -0.2) is 15.9 Å². The number of hydrogen-bond donors (Lipinski definition) is 1. The van der Waals surface area contributed by atoms with Crippen molar-refractivity contribution in [3.05, 3.63) is 45.6 Å². The number of anilines is 1. The van der Waals surface area contributed by atoms with Gasteiger partial charge in [-0.05, 0) is 42.1 Å². The molecule has 1 heterocycles. The lowest BCUT2D eigenvalue weighted by Crippen LogP contribution is -2.12. The second kappa shape index (κ2) is 7.71. The van der Waals surface area contributed by atoms with Gasteiger partial charge in [0.15, 0.2) is 0 Å². The standard InChI is InChI=1S/C14H14BrNO2S2/c15-11-3-5-13(6-4-11)20(18)9-1-2-14(17)16-12-7-8-19-10-12/h3-8,10H,1-2,9H2,(H,16,17). The van der Waals surface area contributed by atoms with E-state index in [0.717, 1.165) is 15.1 Å². The molecule has 3 nitrogen and oxygen atoms in total. The maximum absolute atomic E-state index is 12.0. The number of halogens is 1. The highest BCUT2D eigenvalue weighted by Gasteiger charge is 2.07. The zero-order valence-electron chi connectivity index (χ0n) is 10.7. The van der Waals surface area contributed by atoms with Gasteiger partial charge in [-0.25, -0.2) is 0 Å². The highest BCUT2D eigenvalue weighted by atomic mass is 79.9. The first-order chi connectivity index (χ1) is 9.65. The topological polar surface area (TPSA) is 46.2 Å². The molecule has 20 heavy (non-hydrogen) atoms. The van der Waals surface area contributed by atoms with Crippen molar-refractivity contribution < 1.29 is 9.00 Å². The fourth-order valence-electron chi connectivity index (χ4n) is 1.63. The number of carbonyl (C=O) groups excluding carboxylic acids is 1. The smallest absolute Gasteiger partial charge is 0.224 e. The van der Waals surface area contributed by atoms with Gasteiger partial charge in [0.25, 0.3) is 0 Å². The second-order valence-corrected chi connectivity index (χ2v) is 7.43. The van der Waals surface area contributed by atoms with Crippen LogP contribution in [0.25, 0.3) is 0 Å². The van der Waals surface area contributed by atoms with Crippen molar-refractivity contribution in [3.8, 4) is 0 Å². The Balaban J connectivity index is 1.74. The third-order valence-corrected chi connectivity index (χ3v) is 5.28. The molecule has 1 aromatic heterocycles. The van der Waals surface area contributed by atoms with Crippen molar-refractivity contribution in [2.75, 3.05) is 11.1 Å². The number of amides is 1. The van der Waals surface area contributed by atoms with Crippen molar-refractivity contribution in [1.82, 2.24) is 0 Å². The molecule has 2 rings (SSSR count). The lowest BCUT2D eigenvalue weighted by atomic mass is 10.3. The molecule has 2 aromatic rings.